The van der Waals surface area contributed by atoms with E-state index in [9.17, 15) is 4.79 Å². The van der Waals surface area contributed by atoms with Crippen LogP contribution >= 0.6 is 0 Å². The third-order valence-corrected chi connectivity index (χ3v) is 2.03. The van der Waals surface area contributed by atoms with Crippen molar-refractivity contribution in [2.45, 2.75) is 19.7 Å². The molecule has 0 aliphatic heterocycles. The highest BCUT2D eigenvalue weighted by Crippen LogP contribution is 2.42. The van der Waals surface area contributed by atoms with E-state index in [-0.39, 0.29) is 24.1 Å². The summed E-state index contributed by atoms with van der Waals surface area (Å²) in [6, 6.07) is 0. The zero-order valence-electron chi connectivity index (χ0n) is 7.06. The van der Waals surface area contributed by atoms with Crippen LogP contribution in [0.1, 0.15) is 13.3 Å². The molecule has 12 heavy (non-hydrogen) atoms. The van der Waals surface area contributed by atoms with Crippen molar-refractivity contribution in [2.75, 3.05) is 6.61 Å². The van der Waals surface area contributed by atoms with Gasteiger partial charge >= 0.3 is 13.1 Å². The molecule has 0 aromatic carbocycles. The molecule has 0 radical (unpaired) electrons. The summed E-state index contributed by atoms with van der Waals surface area (Å²) in [7, 11) is -1.30. The summed E-state index contributed by atoms with van der Waals surface area (Å²) in [5.74, 6) is -0.182. The van der Waals surface area contributed by atoms with Crippen molar-refractivity contribution in [3.05, 3.63) is 0 Å². The third kappa shape index (κ3) is 2.50. The van der Waals surface area contributed by atoms with Crippen LogP contribution in [-0.4, -0.2) is 29.7 Å². The predicted octanol–water partition coefficient (Wildman–Crippen LogP) is -0.342. The second-order valence-corrected chi connectivity index (χ2v) is 3.07. The highest BCUT2D eigenvalue weighted by Gasteiger charge is 2.45. The normalized spacial score (nSPS) is 26.6. The smallest absolute Gasteiger partial charge is 0.451 e. The molecule has 2 N–H and O–H groups in total. The molecular weight excluding hydrogens is 159 g/mol. The fourth-order valence-electron chi connectivity index (χ4n) is 1.32. The van der Waals surface area contributed by atoms with E-state index >= 15 is 0 Å². The monoisotopic (exact) mass is 172 g/mol. The van der Waals surface area contributed by atoms with Gasteiger partial charge in [-0.1, -0.05) is 0 Å². The lowest BCUT2D eigenvalue weighted by Gasteiger charge is -1.99. The maximum atomic E-state index is 11.0. The van der Waals surface area contributed by atoms with Crippen LogP contribution in [0, 0.1) is 11.8 Å². The fourth-order valence-corrected chi connectivity index (χ4v) is 1.32. The number of hydrogen-bond donors (Lipinski definition) is 2. The molecule has 4 nitrogen and oxygen atoms in total. The van der Waals surface area contributed by atoms with Gasteiger partial charge in [0.1, 0.15) is 0 Å². The van der Waals surface area contributed by atoms with Crippen LogP contribution < -0.4 is 0 Å². The molecule has 1 aliphatic rings. The van der Waals surface area contributed by atoms with Gasteiger partial charge in [-0.3, -0.25) is 4.79 Å². The SMILES string of the molecule is CCOC(=O)C1CC1CB(O)O. The van der Waals surface area contributed by atoms with Gasteiger partial charge in [-0.2, -0.15) is 0 Å². The standard InChI is InChI=1S/C7H13BO4/c1-2-12-7(9)6-3-5(6)4-8(10)11/h5-6,10-11H,2-4H2,1H3. The molecule has 0 aromatic rings. The average Bonchev–Trinajstić information content (AvgIpc) is 2.67. The lowest BCUT2D eigenvalue weighted by Crippen LogP contribution is -2.14. The van der Waals surface area contributed by atoms with Crippen molar-refractivity contribution in [2.24, 2.45) is 11.8 Å². The van der Waals surface area contributed by atoms with E-state index in [0.29, 0.717) is 6.61 Å². The van der Waals surface area contributed by atoms with E-state index in [2.05, 4.69) is 0 Å². The second kappa shape index (κ2) is 3.91. The number of rotatable bonds is 4. The highest BCUT2D eigenvalue weighted by molar-refractivity contribution is 6.41. The third-order valence-electron chi connectivity index (χ3n) is 2.03. The Hall–Kier alpha value is -0.545. The van der Waals surface area contributed by atoms with Gasteiger partial charge in [0.2, 0.25) is 0 Å². The first kappa shape index (κ1) is 9.54. The Labute approximate surface area is 71.7 Å². The predicted molar refractivity (Wildman–Crippen MR) is 43.2 cm³/mol. The quantitative estimate of drug-likeness (QED) is 0.449. The number of carbonyl (C=O) groups is 1. The Morgan fingerprint density at radius 3 is 2.83 bits per heavy atom. The molecule has 2 unspecified atom stereocenters. The maximum Gasteiger partial charge on any atom is 0.451 e. The summed E-state index contributed by atoms with van der Waals surface area (Å²) in [6.45, 7) is 2.15. The first-order chi connectivity index (χ1) is 5.65. The summed E-state index contributed by atoms with van der Waals surface area (Å²) in [5.41, 5.74) is 0. The second-order valence-electron chi connectivity index (χ2n) is 3.07. The Morgan fingerprint density at radius 1 is 1.67 bits per heavy atom. The number of ether oxygens (including phenoxy) is 1. The summed E-state index contributed by atoms with van der Waals surface area (Å²) in [4.78, 5) is 11.0. The van der Waals surface area contributed by atoms with Crippen molar-refractivity contribution in [1.29, 1.82) is 0 Å². The lowest BCUT2D eigenvalue weighted by atomic mass is 9.83. The van der Waals surface area contributed by atoms with Gasteiger partial charge in [-0.15, -0.1) is 0 Å². The van der Waals surface area contributed by atoms with Gasteiger partial charge in [-0.05, 0) is 25.6 Å². The average molecular weight is 172 g/mol. The molecule has 1 aliphatic carbocycles. The molecule has 5 heteroatoms. The van der Waals surface area contributed by atoms with Crippen molar-refractivity contribution < 1.29 is 19.6 Å². The van der Waals surface area contributed by atoms with Crippen molar-refractivity contribution in [3.63, 3.8) is 0 Å². The topological polar surface area (TPSA) is 66.8 Å². The Kier molecular flexibility index (Phi) is 3.11. The van der Waals surface area contributed by atoms with E-state index in [0.717, 1.165) is 6.42 Å². The van der Waals surface area contributed by atoms with Gasteiger partial charge in [0.15, 0.2) is 0 Å². The largest absolute Gasteiger partial charge is 0.466 e. The molecule has 1 fully saturated rings. The highest BCUT2D eigenvalue weighted by atomic mass is 16.5. The van der Waals surface area contributed by atoms with Crippen molar-refractivity contribution in [1.82, 2.24) is 0 Å². The first-order valence-electron chi connectivity index (χ1n) is 4.18. The maximum absolute atomic E-state index is 11.0. The van der Waals surface area contributed by atoms with Gasteiger partial charge in [-0.25, -0.2) is 0 Å². The molecule has 0 bridgehead atoms. The Morgan fingerprint density at radius 2 is 2.33 bits per heavy atom. The first-order valence-corrected chi connectivity index (χ1v) is 4.18. The molecule has 0 saturated heterocycles. The zero-order valence-corrected chi connectivity index (χ0v) is 7.06. The Balaban J connectivity index is 2.18. The van der Waals surface area contributed by atoms with Crippen LogP contribution in [0.2, 0.25) is 6.32 Å². The van der Waals surface area contributed by atoms with Crippen LogP contribution in [0.25, 0.3) is 0 Å². The van der Waals surface area contributed by atoms with Crippen LogP contribution in [-0.2, 0) is 9.53 Å². The lowest BCUT2D eigenvalue weighted by molar-refractivity contribution is -0.144. The molecule has 0 heterocycles. The van der Waals surface area contributed by atoms with Gasteiger partial charge in [0, 0.05) is 0 Å². The summed E-state index contributed by atoms with van der Waals surface area (Å²) in [6.07, 6.45) is 1.01. The molecule has 1 rings (SSSR count). The van der Waals surface area contributed by atoms with Crippen LogP contribution in [0.3, 0.4) is 0 Å². The molecule has 0 aromatic heterocycles. The molecule has 0 amide bonds. The molecular formula is C7H13BO4. The van der Waals surface area contributed by atoms with Crippen LogP contribution in [0.15, 0.2) is 0 Å². The minimum Gasteiger partial charge on any atom is -0.466 e. The van der Waals surface area contributed by atoms with Crippen LogP contribution in [0.5, 0.6) is 0 Å². The van der Waals surface area contributed by atoms with E-state index in [1.807, 2.05) is 0 Å². The molecule has 1 saturated carbocycles. The minimum absolute atomic E-state index is 0.0910. The zero-order chi connectivity index (χ0) is 9.14. The van der Waals surface area contributed by atoms with E-state index in [4.69, 9.17) is 14.8 Å². The number of hydrogen-bond acceptors (Lipinski definition) is 4. The van der Waals surface area contributed by atoms with Crippen molar-refractivity contribution in [3.8, 4) is 0 Å². The number of carbonyl (C=O) groups excluding carboxylic acids is 1. The Bertz CT molecular complexity index is 171. The van der Waals surface area contributed by atoms with E-state index < -0.39 is 7.12 Å². The molecule has 68 valence electrons. The van der Waals surface area contributed by atoms with Gasteiger partial charge in [0.05, 0.1) is 12.5 Å². The number of esters is 1. The fraction of sp³-hybridized carbons (Fsp3) is 0.857. The molecule has 2 atom stereocenters. The van der Waals surface area contributed by atoms with Gasteiger partial charge < -0.3 is 14.8 Å². The summed E-state index contributed by atoms with van der Waals surface area (Å²) in [5, 5.41) is 17.2. The van der Waals surface area contributed by atoms with Crippen LogP contribution in [0.4, 0.5) is 0 Å². The summed E-state index contributed by atoms with van der Waals surface area (Å²) < 4.78 is 4.78. The van der Waals surface area contributed by atoms with Crippen molar-refractivity contribution >= 4 is 13.1 Å². The van der Waals surface area contributed by atoms with E-state index in [1.165, 1.54) is 0 Å². The van der Waals surface area contributed by atoms with Gasteiger partial charge in [0.25, 0.3) is 0 Å². The van der Waals surface area contributed by atoms with E-state index in [1.54, 1.807) is 6.92 Å². The summed E-state index contributed by atoms with van der Waals surface area (Å²) >= 11 is 0. The molecule has 0 spiro atoms. The minimum atomic E-state index is -1.30.